The van der Waals surface area contributed by atoms with E-state index < -0.39 is 5.97 Å². The number of aliphatic hydroxyl groups is 1. The van der Waals surface area contributed by atoms with Crippen molar-refractivity contribution in [2.75, 3.05) is 13.2 Å². The number of aliphatic hydroxyl groups excluding tert-OH is 1. The van der Waals surface area contributed by atoms with Gasteiger partial charge in [0.2, 0.25) is 5.91 Å². The third kappa shape index (κ3) is 3.51. The van der Waals surface area contributed by atoms with E-state index in [-0.39, 0.29) is 30.4 Å². The number of carboxylic acid groups (broad SMARTS) is 1. The summed E-state index contributed by atoms with van der Waals surface area (Å²) in [6.07, 6.45) is 7.06. The van der Waals surface area contributed by atoms with Crippen LogP contribution >= 0.6 is 0 Å². The van der Waals surface area contributed by atoms with Gasteiger partial charge in [0.25, 0.3) is 0 Å². The van der Waals surface area contributed by atoms with Crippen LogP contribution in [-0.4, -0.2) is 46.2 Å². The van der Waals surface area contributed by atoms with Gasteiger partial charge in [-0.25, -0.2) is 0 Å². The highest BCUT2D eigenvalue weighted by atomic mass is 16.4. The molecular formula is C15H25NO4. The maximum absolute atomic E-state index is 12.5. The minimum Gasteiger partial charge on any atom is -0.481 e. The molecule has 2 aliphatic rings. The number of aliphatic carboxylic acids is 1. The zero-order valence-corrected chi connectivity index (χ0v) is 12.0. The molecule has 2 fully saturated rings. The number of nitrogens with zero attached hydrogens (tertiary/aromatic N) is 1. The van der Waals surface area contributed by atoms with E-state index in [2.05, 4.69) is 0 Å². The summed E-state index contributed by atoms with van der Waals surface area (Å²) in [5.41, 5.74) is -0.357. The first-order valence-corrected chi connectivity index (χ1v) is 7.68. The van der Waals surface area contributed by atoms with Crippen LogP contribution in [0.15, 0.2) is 0 Å². The van der Waals surface area contributed by atoms with Gasteiger partial charge < -0.3 is 15.1 Å². The summed E-state index contributed by atoms with van der Waals surface area (Å²) in [4.78, 5) is 25.4. The van der Waals surface area contributed by atoms with E-state index in [1.165, 1.54) is 0 Å². The molecule has 1 aliphatic carbocycles. The Balaban J connectivity index is 2.03. The molecule has 0 aromatic heterocycles. The summed E-state index contributed by atoms with van der Waals surface area (Å²) in [5.74, 6) is -0.774. The van der Waals surface area contributed by atoms with Crippen molar-refractivity contribution >= 4 is 11.9 Å². The van der Waals surface area contributed by atoms with E-state index in [1.807, 2.05) is 0 Å². The summed E-state index contributed by atoms with van der Waals surface area (Å²) in [6.45, 7) is 0.713. The van der Waals surface area contributed by atoms with Crippen LogP contribution in [0.25, 0.3) is 0 Å². The normalized spacial score (nSPS) is 25.6. The van der Waals surface area contributed by atoms with E-state index in [1.54, 1.807) is 4.90 Å². The lowest BCUT2D eigenvalue weighted by Gasteiger charge is -2.37. The van der Waals surface area contributed by atoms with Crippen molar-refractivity contribution < 1.29 is 19.8 Å². The highest BCUT2D eigenvalue weighted by Gasteiger charge is 2.39. The molecule has 1 saturated heterocycles. The molecule has 1 saturated carbocycles. The first-order valence-electron chi connectivity index (χ1n) is 7.68. The molecule has 1 aliphatic heterocycles. The molecule has 0 aromatic rings. The van der Waals surface area contributed by atoms with Gasteiger partial charge in [-0.1, -0.05) is 19.3 Å². The average molecular weight is 283 g/mol. The molecule has 0 radical (unpaired) electrons. The Bertz CT molecular complexity index is 363. The van der Waals surface area contributed by atoms with Crippen molar-refractivity contribution in [1.29, 1.82) is 0 Å². The lowest BCUT2D eigenvalue weighted by atomic mass is 9.69. The Morgan fingerprint density at radius 1 is 1.10 bits per heavy atom. The van der Waals surface area contributed by atoms with Gasteiger partial charge in [0.15, 0.2) is 0 Å². The standard InChI is InChI=1S/C15H25NO4/c17-11-12-5-4-8-16(12)13(18)9-15(10-14(19)20)6-2-1-3-7-15/h12,17H,1-11H2,(H,19,20)/t12-/m1/s1. The predicted molar refractivity (Wildman–Crippen MR) is 74.2 cm³/mol. The van der Waals surface area contributed by atoms with E-state index in [0.29, 0.717) is 13.0 Å². The fraction of sp³-hybridized carbons (Fsp3) is 0.867. The maximum Gasteiger partial charge on any atom is 0.303 e. The SMILES string of the molecule is O=C(O)CC1(CC(=O)N2CCC[C@@H]2CO)CCCCC1. The van der Waals surface area contributed by atoms with Gasteiger partial charge in [-0.15, -0.1) is 0 Å². The number of amides is 1. The molecule has 2 rings (SSSR count). The predicted octanol–water partition coefficient (Wildman–Crippen LogP) is 1.78. The largest absolute Gasteiger partial charge is 0.481 e. The number of likely N-dealkylation sites (tertiary alicyclic amines) is 1. The number of rotatable bonds is 5. The van der Waals surface area contributed by atoms with Gasteiger partial charge >= 0.3 is 5.97 Å². The van der Waals surface area contributed by atoms with Crippen molar-refractivity contribution in [3.8, 4) is 0 Å². The van der Waals surface area contributed by atoms with Gasteiger partial charge in [-0.2, -0.15) is 0 Å². The molecule has 2 N–H and O–H groups in total. The van der Waals surface area contributed by atoms with Gasteiger partial charge in [-0.05, 0) is 31.1 Å². The number of hydrogen-bond donors (Lipinski definition) is 2. The van der Waals surface area contributed by atoms with Crippen LogP contribution in [0.1, 0.15) is 57.8 Å². The molecule has 0 unspecified atom stereocenters. The third-order valence-electron chi connectivity index (χ3n) is 4.87. The molecule has 0 aromatic carbocycles. The van der Waals surface area contributed by atoms with Crippen LogP contribution in [0.3, 0.4) is 0 Å². The van der Waals surface area contributed by atoms with E-state index in [9.17, 15) is 14.7 Å². The average Bonchev–Trinajstić information content (AvgIpc) is 2.87. The minimum absolute atomic E-state index is 0.0116. The Morgan fingerprint density at radius 2 is 1.80 bits per heavy atom. The number of hydrogen-bond acceptors (Lipinski definition) is 3. The van der Waals surface area contributed by atoms with Crippen LogP contribution in [0.5, 0.6) is 0 Å². The van der Waals surface area contributed by atoms with Crippen molar-refractivity contribution in [2.24, 2.45) is 5.41 Å². The fourth-order valence-electron chi connectivity index (χ4n) is 3.81. The van der Waals surface area contributed by atoms with Gasteiger partial charge in [0.05, 0.1) is 19.1 Å². The third-order valence-corrected chi connectivity index (χ3v) is 4.87. The lowest BCUT2D eigenvalue weighted by Crippen LogP contribution is -2.41. The smallest absolute Gasteiger partial charge is 0.303 e. The molecule has 0 bridgehead atoms. The molecular weight excluding hydrogens is 258 g/mol. The number of carbonyl (C=O) groups is 2. The van der Waals surface area contributed by atoms with Crippen LogP contribution < -0.4 is 0 Å². The van der Waals surface area contributed by atoms with E-state index in [0.717, 1.165) is 44.9 Å². The first-order chi connectivity index (χ1) is 9.56. The summed E-state index contributed by atoms with van der Waals surface area (Å²) >= 11 is 0. The fourth-order valence-corrected chi connectivity index (χ4v) is 3.81. The highest BCUT2D eigenvalue weighted by molar-refractivity contribution is 5.79. The minimum atomic E-state index is -0.806. The zero-order chi connectivity index (χ0) is 14.6. The lowest BCUT2D eigenvalue weighted by molar-refractivity contribution is -0.143. The van der Waals surface area contributed by atoms with Crippen molar-refractivity contribution in [2.45, 2.75) is 63.8 Å². The molecule has 5 heteroatoms. The molecule has 20 heavy (non-hydrogen) atoms. The highest BCUT2D eigenvalue weighted by Crippen LogP contribution is 2.43. The van der Waals surface area contributed by atoms with E-state index in [4.69, 9.17) is 5.11 Å². The van der Waals surface area contributed by atoms with E-state index >= 15 is 0 Å². The Labute approximate surface area is 120 Å². The first kappa shape index (κ1) is 15.3. The maximum atomic E-state index is 12.5. The van der Waals surface area contributed by atoms with Crippen molar-refractivity contribution in [1.82, 2.24) is 4.90 Å². The summed E-state index contributed by atoms with van der Waals surface area (Å²) < 4.78 is 0. The van der Waals surface area contributed by atoms with Crippen LogP contribution in [0.4, 0.5) is 0 Å². The molecule has 1 amide bonds. The quantitative estimate of drug-likeness (QED) is 0.806. The molecule has 114 valence electrons. The monoisotopic (exact) mass is 283 g/mol. The summed E-state index contributed by atoms with van der Waals surface area (Å²) in [7, 11) is 0. The van der Waals surface area contributed by atoms with Crippen molar-refractivity contribution in [3.05, 3.63) is 0 Å². The second-order valence-corrected chi connectivity index (χ2v) is 6.37. The van der Waals surface area contributed by atoms with Gasteiger partial charge in [0.1, 0.15) is 0 Å². The molecule has 1 atom stereocenters. The summed E-state index contributed by atoms with van der Waals surface area (Å²) in [6, 6.07) is -0.0621. The second kappa shape index (κ2) is 6.57. The Hall–Kier alpha value is -1.10. The Morgan fingerprint density at radius 3 is 2.40 bits per heavy atom. The van der Waals surface area contributed by atoms with Crippen molar-refractivity contribution in [3.63, 3.8) is 0 Å². The van der Waals surface area contributed by atoms with Gasteiger partial charge in [0, 0.05) is 13.0 Å². The number of carbonyl (C=O) groups excluding carboxylic acids is 1. The van der Waals surface area contributed by atoms with Crippen LogP contribution in [0.2, 0.25) is 0 Å². The Kier molecular flexibility index (Phi) is 5.02. The molecule has 5 nitrogen and oxygen atoms in total. The second-order valence-electron chi connectivity index (χ2n) is 6.37. The van der Waals surface area contributed by atoms with Crippen LogP contribution in [-0.2, 0) is 9.59 Å². The van der Waals surface area contributed by atoms with Crippen LogP contribution in [0, 0.1) is 5.41 Å². The zero-order valence-electron chi connectivity index (χ0n) is 12.0. The molecule has 0 spiro atoms. The molecule has 1 heterocycles. The summed E-state index contributed by atoms with van der Waals surface area (Å²) in [5, 5.41) is 18.5. The topological polar surface area (TPSA) is 77.8 Å². The van der Waals surface area contributed by atoms with Gasteiger partial charge in [-0.3, -0.25) is 9.59 Å². The number of carboxylic acids is 1.